The van der Waals surface area contributed by atoms with E-state index in [4.69, 9.17) is 28.4 Å². The highest BCUT2D eigenvalue weighted by Crippen LogP contribution is 2.33. The summed E-state index contributed by atoms with van der Waals surface area (Å²) in [5.41, 5.74) is 0. The molecule has 0 aromatic rings. The molecule has 3 aliphatic rings. The molecule has 0 saturated carbocycles. The summed E-state index contributed by atoms with van der Waals surface area (Å²) in [6.45, 7) is 1.40. The lowest BCUT2D eigenvalue weighted by Crippen LogP contribution is -2.66. The molecule has 3 saturated heterocycles. The minimum absolute atomic E-state index is 0.227. The van der Waals surface area contributed by atoms with Crippen LogP contribution in [0.4, 0.5) is 0 Å². The summed E-state index contributed by atoms with van der Waals surface area (Å²) in [5.74, 6) is -0.297. The number of rotatable bonds is 48. The van der Waals surface area contributed by atoms with Gasteiger partial charge >= 0.3 is 0 Å². The van der Waals surface area contributed by atoms with E-state index in [1.54, 1.807) is 6.08 Å². The Bertz CT molecular complexity index is 2150. The molecule has 0 radical (unpaired) electrons. The number of allylic oxidation sites excluding steroid dienone is 21. The summed E-state index contributed by atoms with van der Waals surface area (Å²) in [4.78, 5) is 13.2. The van der Waals surface area contributed by atoms with Gasteiger partial charge in [-0.25, -0.2) is 0 Å². The first-order chi connectivity index (χ1) is 43.8. The van der Waals surface area contributed by atoms with Crippen molar-refractivity contribution in [2.24, 2.45) is 0 Å². The van der Waals surface area contributed by atoms with Crippen LogP contribution in [0.25, 0.3) is 0 Å². The maximum Gasteiger partial charge on any atom is 0.220 e. The van der Waals surface area contributed by atoms with E-state index < -0.39 is 124 Å². The maximum atomic E-state index is 13.2. The Kier molecular flexibility index (Phi) is 45.7. The van der Waals surface area contributed by atoms with Crippen LogP contribution >= 0.6 is 0 Å². The fourth-order valence-electron chi connectivity index (χ4n) is 10.3. The summed E-state index contributed by atoms with van der Waals surface area (Å²) in [7, 11) is 0. The molecule has 19 heteroatoms. The predicted octanol–water partition coefficient (Wildman–Crippen LogP) is 8.21. The van der Waals surface area contributed by atoms with Crippen LogP contribution in [-0.4, -0.2) is 193 Å². The van der Waals surface area contributed by atoms with E-state index in [2.05, 4.69) is 134 Å². The number of nitrogens with one attached hydrogen (secondary N) is 1. The Balaban J connectivity index is 1.24. The Hall–Kier alpha value is -4.07. The zero-order chi connectivity index (χ0) is 65.4. The lowest BCUT2D eigenvalue weighted by atomic mass is 9.96. The van der Waals surface area contributed by atoms with Gasteiger partial charge in [0.2, 0.25) is 5.91 Å². The average Bonchev–Trinajstić information content (AvgIpc) is 1.63. The number of hydrogen-bond acceptors (Lipinski definition) is 18. The smallest absolute Gasteiger partial charge is 0.220 e. The van der Waals surface area contributed by atoms with Gasteiger partial charge in [0.05, 0.1) is 38.6 Å². The zero-order valence-electron chi connectivity index (χ0n) is 53.8. The molecule has 0 spiro atoms. The van der Waals surface area contributed by atoms with E-state index in [1.807, 2.05) is 13.0 Å². The maximum absolute atomic E-state index is 13.2. The van der Waals surface area contributed by atoms with Crippen LogP contribution in [-0.2, 0) is 33.2 Å². The standard InChI is InChI=1S/C71H115NO18/c1-3-5-7-9-10-11-12-13-14-15-16-17-18-19-20-21-22-23-24-25-26-27-28-29-30-31-32-33-34-35-36-37-38-39-40-41-42-43-44-45-47-49-59(77)72-54(55(76)48-46-8-6-4-2)53-85-69-65(83)62(80)67(57(51-74)87-69)90-71-66(84)63(81)68(58(52-75)88-71)89-70-64(82)61(79)60(78)56(50-73)86-70/h5,7,10-11,13-14,16-17,19-20,22-23,25-26,28-29,31-32,34-35,46,48,54-58,60-71,73-76,78-84H,3-4,6,8-9,12,15,18,21,24,27,30,33,36-45,47,49-53H2,1-2H3,(H,72,77)/b7-5-,11-10-,14-13-,17-16-,20-19-,23-22-,26-25-,29-28-,32-31-,35-34-,48-46+. The number of carbonyl (C=O) groups is 1. The van der Waals surface area contributed by atoms with Gasteiger partial charge in [0.15, 0.2) is 18.9 Å². The molecule has 3 heterocycles. The van der Waals surface area contributed by atoms with Crippen LogP contribution in [0, 0.1) is 0 Å². The average molecular weight is 1270 g/mol. The van der Waals surface area contributed by atoms with Gasteiger partial charge < -0.3 is 89.9 Å². The van der Waals surface area contributed by atoms with Crippen molar-refractivity contribution in [3.63, 3.8) is 0 Å². The second-order valence-corrected chi connectivity index (χ2v) is 23.2. The highest BCUT2D eigenvalue weighted by molar-refractivity contribution is 5.76. The number of ether oxygens (including phenoxy) is 6. The molecule has 512 valence electrons. The van der Waals surface area contributed by atoms with Gasteiger partial charge in [-0.1, -0.05) is 212 Å². The van der Waals surface area contributed by atoms with Gasteiger partial charge in [-0.2, -0.15) is 0 Å². The van der Waals surface area contributed by atoms with Crippen LogP contribution in [0.5, 0.6) is 0 Å². The summed E-state index contributed by atoms with van der Waals surface area (Å²) in [6.07, 6.45) is 45.6. The highest BCUT2D eigenvalue weighted by atomic mass is 16.8. The van der Waals surface area contributed by atoms with E-state index in [0.29, 0.717) is 12.8 Å². The highest BCUT2D eigenvalue weighted by Gasteiger charge is 2.53. The van der Waals surface area contributed by atoms with Crippen molar-refractivity contribution in [3.8, 4) is 0 Å². The van der Waals surface area contributed by atoms with E-state index in [9.17, 15) is 61.0 Å². The van der Waals surface area contributed by atoms with Gasteiger partial charge in [0.1, 0.15) is 73.2 Å². The first-order valence-electron chi connectivity index (χ1n) is 33.4. The van der Waals surface area contributed by atoms with Gasteiger partial charge in [-0.05, 0) is 89.9 Å². The second kappa shape index (κ2) is 51.4. The summed E-state index contributed by atoms with van der Waals surface area (Å²) >= 11 is 0. The van der Waals surface area contributed by atoms with Crippen molar-refractivity contribution < 1.29 is 89.4 Å². The monoisotopic (exact) mass is 1270 g/mol. The van der Waals surface area contributed by atoms with Crippen molar-refractivity contribution in [1.29, 1.82) is 0 Å². The number of amides is 1. The Morgan fingerprint density at radius 3 is 1.19 bits per heavy atom. The SMILES string of the molecule is CC/C=C\C/C=C\C/C=C\C/C=C\C/C=C\C/C=C\C/C=C\C/C=C\C/C=C\C/C=C\CCCCCCCCCCCCC(=O)NC(COC1OC(CO)C(OC2OC(CO)C(OC3OC(CO)C(O)C(O)C3O)C(O)C2O)C(O)C1O)C(O)/C=C/CCCC. The van der Waals surface area contributed by atoms with E-state index in [0.717, 1.165) is 109 Å². The number of aliphatic hydroxyl groups is 11. The van der Waals surface area contributed by atoms with Gasteiger partial charge in [-0.3, -0.25) is 4.79 Å². The van der Waals surface area contributed by atoms with Crippen molar-refractivity contribution in [1.82, 2.24) is 5.32 Å². The minimum atomic E-state index is -1.98. The van der Waals surface area contributed by atoms with E-state index >= 15 is 0 Å². The quantitative estimate of drug-likeness (QED) is 0.0202. The molecule has 12 N–H and O–H groups in total. The van der Waals surface area contributed by atoms with Crippen LogP contribution in [0.3, 0.4) is 0 Å². The fourth-order valence-corrected chi connectivity index (χ4v) is 10.3. The second-order valence-electron chi connectivity index (χ2n) is 23.2. The van der Waals surface area contributed by atoms with Crippen LogP contribution in [0.2, 0.25) is 0 Å². The Morgan fingerprint density at radius 1 is 0.411 bits per heavy atom. The van der Waals surface area contributed by atoms with Crippen molar-refractivity contribution in [2.45, 2.75) is 279 Å². The number of aliphatic hydroxyl groups excluding tert-OH is 11. The first kappa shape index (κ1) is 80.2. The molecule has 0 aromatic heterocycles. The van der Waals surface area contributed by atoms with Crippen molar-refractivity contribution in [3.05, 3.63) is 134 Å². The fraction of sp³-hybridized carbons (Fsp3) is 0.676. The molecule has 3 aliphatic heterocycles. The van der Waals surface area contributed by atoms with Gasteiger partial charge in [0, 0.05) is 6.42 Å². The molecule has 17 unspecified atom stereocenters. The lowest BCUT2D eigenvalue weighted by molar-refractivity contribution is -0.379. The molecule has 0 bridgehead atoms. The first-order valence-corrected chi connectivity index (χ1v) is 33.4. The molecule has 19 nitrogen and oxygen atoms in total. The number of hydrogen-bond donors (Lipinski definition) is 12. The largest absolute Gasteiger partial charge is 0.394 e. The topological polar surface area (TPSA) is 307 Å². The number of carbonyl (C=O) groups excluding carboxylic acids is 1. The van der Waals surface area contributed by atoms with Gasteiger partial charge in [-0.15, -0.1) is 0 Å². The van der Waals surface area contributed by atoms with E-state index in [1.165, 1.54) is 32.1 Å². The summed E-state index contributed by atoms with van der Waals surface area (Å²) in [6, 6.07) is -0.979. The molecule has 90 heavy (non-hydrogen) atoms. The van der Waals surface area contributed by atoms with E-state index in [-0.39, 0.29) is 18.9 Å². The third kappa shape index (κ3) is 33.2. The normalized spacial score (nSPS) is 28.9. The molecule has 0 aromatic carbocycles. The van der Waals surface area contributed by atoms with Gasteiger partial charge in [0.25, 0.3) is 0 Å². The molecule has 0 aliphatic carbocycles. The Morgan fingerprint density at radius 2 is 0.767 bits per heavy atom. The molecular formula is C71H115NO18. The summed E-state index contributed by atoms with van der Waals surface area (Å²) < 4.78 is 34.0. The van der Waals surface area contributed by atoms with Crippen LogP contribution in [0.1, 0.15) is 174 Å². The molecule has 1 amide bonds. The summed E-state index contributed by atoms with van der Waals surface area (Å²) in [5, 5.41) is 119. The molecule has 17 atom stereocenters. The minimum Gasteiger partial charge on any atom is -0.394 e. The van der Waals surface area contributed by atoms with Crippen LogP contribution < -0.4 is 5.32 Å². The zero-order valence-corrected chi connectivity index (χ0v) is 53.8. The third-order valence-electron chi connectivity index (χ3n) is 15.7. The third-order valence-corrected chi connectivity index (χ3v) is 15.7. The number of unbranched alkanes of at least 4 members (excludes halogenated alkanes) is 12. The van der Waals surface area contributed by atoms with Crippen molar-refractivity contribution >= 4 is 5.91 Å². The lowest BCUT2D eigenvalue weighted by Gasteiger charge is -2.48. The molecule has 3 fully saturated rings. The molecule has 3 rings (SSSR count). The molecular weight excluding hydrogens is 1150 g/mol. The predicted molar refractivity (Wildman–Crippen MR) is 350 cm³/mol. The van der Waals surface area contributed by atoms with Crippen molar-refractivity contribution in [2.75, 3.05) is 26.4 Å². The Labute approximate surface area is 537 Å². The van der Waals surface area contributed by atoms with Crippen LogP contribution in [0.15, 0.2) is 134 Å².